The quantitative estimate of drug-likeness (QED) is 0.0321. The number of unbranched alkanes of at least 4 members (excludes halogenated alkanes) is 42. The SMILES string of the molecule is CCCCCCCCCCCCCCCC/C=C/C(O)C(CO)NC(=O)CCCCCCCCCCCCCOC(=O)CCCCCCCCCCCCCCCCCCCCC. The fourth-order valence-electron chi connectivity index (χ4n) is 8.93. The van der Waals surface area contributed by atoms with Crippen molar-refractivity contribution in [3.63, 3.8) is 0 Å². The first-order chi connectivity index (χ1) is 31.0. The largest absolute Gasteiger partial charge is 0.466 e. The molecule has 3 N–H and O–H groups in total. The summed E-state index contributed by atoms with van der Waals surface area (Å²) in [7, 11) is 0. The van der Waals surface area contributed by atoms with E-state index in [1.54, 1.807) is 6.08 Å². The van der Waals surface area contributed by atoms with Gasteiger partial charge in [0, 0.05) is 12.8 Å². The van der Waals surface area contributed by atoms with Crippen LogP contribution >= 0.6 is 0 Å². The molecule has 0 bridgehead atoms. The molecular formula is C57H111NO5. The van der Waals surface area contributed by atoms with Gasteiger partial charge in [-0.2, -0.15) is 0 Å². The third-order valence-corrected chi connectivity index (χ3v) is 13.3. The van der Waals surface area contributed by atoms with E-state index >= 15 is 0 Å². The predicted molar refractivity (Wildman–Crippen MR) is 273 cm³/mol. The van der Waals surface area contributed by atoms with Gasteiger partial charge in [0.25, 0.3) is 0 Å². The van der Waals surface area contributed by atoms with Crippen LogP contribution < -0.4 is 5.32 Å². The zero-order valence-corrected chi connectivity index (χ0v) is 42.6. The molecule has 0 aliphatic heterocycles. The van der Waals surface area contributed by atoms with E-state index in [4.69, 9.17) is 4.74 Å². The van der Waals surface area contributed by atoms with Crippen LogP contribution in [-0.2, 0) is 14.3 Å². The maximum absolute atomic E-state index is 12.4. The molecule has 0 rings (SSSR count). The number of rotatable bonds is 53. The molecule has 1 amide bonds. The van der Waals surface area contributed by atoms with Crippen LogP contribution in [0.25, 0.3) is 0 Å². The molecule has 0 aliphatic carbocycles. The first-order valence-corrected chi connectivity index (χ1v) is 28.5. The number of carbonyl (C=O) groups excluding carboxylic acids is 2. The molecule has 0 aromatic carbocycles. The topological polar surface area (TPSA) is 95.9 Å². The van der Waals surface area contributed by atoms with Crippen LogP contribution in [0, 0.1) is 0 Å². The first kappa shape index (κ1) is 61.6. The second-order valence-electron chi connectivity index (χ2n) is 19.6. The Balaban J connectivity index is 3.46. The number of aliphatic hydroxyl groups is 2. The van der Waals surface area contributed by atoms with Crippen molar-refractivity contribution < 1.29 is 24.5 Å². The third-order valence-electron chi connectivity index (χ3n) is 13.3. The summed E-state index contributed by atoms with van der Waals surface area (Å²) in [5.41, 5.74) is 0. The van der Waals surface area contributed by atoms with Crippen LogP contribution in [0.1, 0.15) is 316 Å². The van der Waals surface area contributed by atoms with Crippen molar-refractivity contribution in [3.05, 3.63) is 12.2 Å². The van der Waals surface area contributed by atoms with Crippen molar-refractivity contribution in [3.8, 4) is 0 Å². The zero-order valence-electron chi connectivity index (χ0n) is 42.6. The van der Waals surface area contributed by atoms with Gasteiger partial charge in [0.1, 0.15) is 0 Å². The summed E-state index contributed by atoms with van der Waals surface area (Å²) < 4.78 is 5.48. The Morgan fingerprint density at radius 1 is 0.429 bits per heavy atom. The lowest BCUT2D eigenvalue weighted by atomic mass is 10.0. The molecule has 6 heteroatoms. The Morgan fingerprint density at radius 3 is 1.08 bits per heavy atom. The molecular weight excluding hydrogens is 779 g/mol. The smallest absolute Gasteiger partial charge is 0.305 e. The first-order valence-electron chi connectivity index (χ1n) is 28.5. The number of ether oxygens (including phenoxy) is 1. The van der Waals surface area contributed by atoms with Crippen LogP contribution in [0.5, 0.6) is 0 Å². The van der Waals surface area contributed by atoms with Gasteiger partial charge in [-0.15, -0.1) is 0 Å². The van der Waals surface area contributed by atoms with E-state index < -0.39 is 12.1 Å². The summed E-state index contributed by atoms with van der Waals surface area (Å²) >= 11 is 0. The van der Waals surface area contributed by atoms with E-state index in [0.717, 1.165) is 57.8 Å². The molecule has 2 unspecified atom stereocenters. The molecule has 0 heterocycles. The highest BCUT2D eigenvalue weighted by atomic mass is 16.5. The van der Waals surface area contributed by atoms with Gasteiger partial charge in [-0.1, -0.05) is 283 Å². The van der Waals surface area contributed by atoms with Crippen LogP contribution in [0.2, 0.25) is 0 Å². The van der Waals surface area contributed by atoms with Crippen LogP contribution in [0.3, 0.4) is 0 Å². The maximum Gasteiger partial charge on any atom is 0.305 e. The molecule has 0 aromatic rings. The molecule has 0 aliphatic rings. The number of allylic oxidation sites excluding steroid dienone is 1. The maximum atomic E-state index is 12.4. The van der Waals surface area contributed by atoms with Crippen molar-refractivity contribution in [1.29, 1.82) is 0 Å². The van der Waals surface area contributed by atoms with Crippen LogP contribution in [0.15, 0.2) is 12.2 Å². The van der Waals surface area contributed by atoms with E-state index in [0.29, 0.717) is 19.4 Å². The van der Waals surface area contributed by atoms with Gasteiger partial charge in [-0.25, -0.2) is 0 Å². The Hall–Kier alpha value is -1.40. The molecule has 0 fully saturated rings. The third kappa shape index (κ3) is 49.9. The van der Waals surface area contributed by atoms with E-state index in [2.05, 4.69) is 19.2 Å². The fourth-order valence-corrected chi connectivity index (χ4v) is 8.93. The monoisotopic (exact) mass is 890 g/mol. The van der Waals surface area contributed by atoms with Gasteiger partial charge >= 0.3 is 5.97 Å². The van der Waals surface area contributed by atoms with E-state index in [1.165, 1.54) is 231 Å². The minimum absolute atomic E-state index is 0.0101. The average Bonchev–Trinajstić information content (AvgIpc) is 3.28. The Labute approximate surface area is 393 Å². The predicted octanol–water partition coefficient (Wildman–Crippen LogP) is 17.3. The van der Waals surface area contributed by atoms with Crippen molar-refractivity contribution in [2.75, 3.05) is 13.2 Å². The molecule has 0 spiro atoms. The number of hydrogen-bond acceptors (Lipinski definition) is 5. The summed E-state index contributed by atoms with van der Waals surface area (Å²) in [6, 6.07) is -0.641. The molecule has 0 aromatic heterocycles. The molecule has 0 saturated heterocycles. The highest BCUT2D eigenvalue weighted by Gasteiger charge is 2.18. The van der Waals surface area contributed by atoms with Gasteiger partial charge in [0.2, 0.25) is 5.91 Å². The molecule has 6 nitrogen and oxygen atoms in total. The lowest BCUT2D eigenvalue weighted by Crippen LogP contribution is -2.45. The van der Waals surface area contributed by atoms with E-state index in [-0.39, 0.29) is 18.5 Å². The molecule has 2 atom stereocenters. The zero-order chi connectivity index (χ0) is 45.8. The van der Waals surface area contributed by atoms with Crippen LogP contribution in [-0.4, -0.2) is 47.4 Å². The molecule has 374 valence electrons. The standard InChI is InChI=1S/C57H111NO5/c1-3-5-7-9-11-13-15-17-19-21-22-23-25-27-31-35-39-43-47-51-57(62)63-52-48-44-40-36-32-28-30-34-38-42-46-50-56(61)58-54(53-59)55(60)49-45-41-37-33-29-26-24-20-18-16-14-12-10-8-6-4-2/h45,49,54-55,59-60H,3-44,46-48,50-53H2,1-2H3,(H,58,61)/b49-45+. The Bertz CT molecular complexity index is 939. The second-order valence-corrected chi connectivity index (χ2v) is 19.6. The molecule has 0 radical (unpaired) electrons. The number of nitrogens with one attached hydrogen (secondary N) is 1. The number of carbonyl (C=O) groups is 2. The Morgan fingerprint density at radius 2 is 0.730 bits per heavy atom. The van der Waals surface area contributed by atoms with Gasteiger partial charge in [-0.3, -0.25) is 9.59 Å². The van der Waals surface area contributed by atoms with Crippen molar-refractivity contribution in [1.82, 2.24) is 5.32 Å². The van der Waals surface area contributed by atoms with Gasteiger partial charge in [-0.05, 0) is 32.1 Å². The van der Waals surface area contributed by atoms with Crippen LogP contribution in [0.4, 0.5) is 0 Å². The van der Waals surface area contributed by atoms with E-state index in [1.807, 2.05) is 6.08 Å². The summed E-state index contributed by atoms with van der Waals surface area (Å²) in [5.74, 6) is -0.0943. The summed E-state index contributed by atoms with van der Waals surface area (Å²) in [6.07, 6.45) is 62.2. The van der Waals surface area contributed by atoms with Gasteiger partial charge in [0.15, 0.2) is 0 Å². The molecule has 63 heavy (non-hydrogen) atoms. The summed E-state index contributed by atoms with van der Waals surface area (Å²) in [4.78, 5) is 24.5. The molecule has 0 saturated carbocycles. The minimum Gasteiger partial charge on any atom is -0.466 e. The number of hydrogen-bond donors (Lipinski definition) is 3. The average molecular weight is 891 g/mol. The van der Waals surface area contributed by atoms with Crippen molar-refractivity contribution in [2.24, 2.45) is 0 Å². The fraction of sp³-hybridized carbons (Fsp3) is 0.930. The highest BCUT2D eigenvalue weighted by molar-refractivity contribution is 5.76. The summed E-state index contributed by atoms with van der Waals surface area (Å²) in [6.45, 7) is 4.88. The lowest BCUT2D eigenvalue weighted by Gasteiger charge is -2.20. The van der Waals surface area contributed by atoms with E-state index in [9.17, 15) is 19.8 Å². The second kappa shape index (κ2) is 53.2. The minimum atomic E-state index is -0.855. The Kier molecular flexibility index (Phi) is 52.0. The number of esters is 1. The van der Waals surface area contributed by atoms with Gasteiger partial charge < -0.3 is 20.3 Å². The lowest BCUT2D eigenvalue weighted by molar-refractivity contribution is -0.143. The van der Waals surface area contributed by atoms with Gasteiger partial charge in [0.05, 0.1) is 25.4 Å². The normalized spacial score (nSPS) is 12.6. The van der Waals surface area contributed by atoms with Crippen molar-refractivity contribution in [2.45, 2.75) is 328 Å². The van der Waals surface area contributed by atoms with Crippen molar-refractivity contribution >= 4 is 11.9 Å². The number of aliphatic hydroxyl groups excluding tert-OH is 2. The summed E-state index contributed by atoms with van der Waals surface area (Å²) in [5, 5.41) is 23.1. The number of amides is 1. The highest BCUT2D eigenvalue weighted by Crippen LogP contribution is 2.17.